The van der Waals surface area contributed by atoms with Crippen LogP contribution in [0.2, 0.25) is 0 Å². The number of pyridine rings is 1. The summed E-state index contributed by atoms with van der Waals surface area (Å²) in [5.74, 6) is 0.883. The number of hydrogen-bond acceptors (Lipinski definition) is 4. The fraction of sp³-hybridized carbons (Fsp3) is 0.227. The second-order valence-electron chi connectivity index (χ2n) is 7.42. The molecule has 0 aliphatic carbocycles. The zero-order valence-corrected chi connectivity index (χ0v) is 16.2. The molecular formula is C22H23N5O. The monoisotopic (exact) mass is 373 g/mol. The summed E-state index contributed by atoms with van der Waals surface area (Å²) in [7, 11) is 1.93. The predicted molar refractivity (Wildman–Crippen MR) is 113 cm³/mol. The maximum Gasteiger partial charge on any atom is 0.276 e. The maximum absolute atomic E-state index is 12.4. The number of aliphatic imine (C=N–C) groups is 1. The van der Waals surface area contributed by atoms with Gasteiger partial charge in [-0.15, -0.1) is 0 Å². The number of carbonyl (C=O) groups excluding carboxylic acids is 1. The van der Waals surface area contributed by atoms with Crippen LogP contribution in [0.25, 0.3) is 28.2 Å². The SMILES string of the molecule is CC(C)CN(C)C1=N/C(=C\c2c[nH]c3ncc(-c4ccccc4)cc23)C(=O)N1. The van der Waals surface area contributed by atoms with Crippen LogP contribution in [0, 0.1) is 5.92 Å². The molecule has 0 saturated heterocycles. The Balaban J connectivity index is 1.69. The van der Waals surface area contributed by atoms with E-state index < -0.39 is 0 Å². The van der Waals surface area contributed by atoms with E-state index >= 15 is 0 Å². The fourth-order valence-electron chi connectivity index (χ4n) is 3.35. The van der Waals surface area contributed by atoms with E-state index in [-0.39, 0.29) is 5.91 Å². The molecule has 142 valence electrons. The Morgan fingerprint density at radius 2 is 1.96 bits per heavy atom. The van der Waals surface area contributed by atoms with Crippen molar-refractivity contribution >= 4 is 29.0 Å². The van der Waals surface area contributed by atoms with Crippen LogP contribution in [0.5, 0.6) is 0 Å². The van der Waals surface area contributed by atoms with Crippen molar-refractivity contribution in [2.75, 3.05) is 13.6 Å². The lowest BCUT2D eigenvalue weighted by Crippen LogP contribution is -2.39. The van der Waals surface area contributed by atoms with E-state index in [4.69, 9.17) is 0 Å². The highest BCUT2D eigenvalue weighted by Crippen LogP contribution is 2.26. The highest BCUT2D eigenvalue weighted by Gasteiger charge is 2.23. The molecule has 0 unspecified atom stereocenters. The van der Waals surface area contributed by atoms with Crippen LogP contribution >= 0.6 is 0 Å². The normalized spacial score (nSPS) is 15.4. The van der Waals surface area contributed by atoms with Crippen LogP contribution in [0.3, 0.4) is 0 Å². The van der Waals surface area contributed by atoms with Crippen molar-refractivity contribution in [1.82, 2.24) is 20.2 Å². The van der Waals surface area contributed by atoms with Gasteiger partial charge in [-0.1, -0.05) is 44.2 Å². The van der Waals surface area contributed by atoms with E-state index in [9.17, 15) is 4.79 Å². The number of H-pyrrole nitrogens is 1. The van der Waals surface area contributed by atoms with Crippen LogP contribution in [0.4, 0.5) is 0 Å². The Kier molecular flexibility index (Phi) is 4.69. The summed E-state index contributed by atoms with van der Waals surface area (Å²) in [6.07, 6.45) is 5.52. The average molecular weight is 373 g/mol. The Hall–Kier alpha value is -3.41. The number of aromatic amines is 1. The molecule has 0 radical (unpaired) electrons. The Bertz CT molecular complexity index is 1080. The van der Waals surface area contributed by atoms with E-state index in [2.05, 4.69) is 52.3 Å². The van der Waals surface area contributed by atoms with Crippen molar-refractivity contribution < 1.29 is 4.79 Å². The van der Waals surface area contributed by atoms with E-state index in [1.54, 1.807) is 6.08 Å². The minimum absolute atomic E-state index is 0.188. The lowest BCUT2D eigenvalue weighted by atomic mass is 10.1. The zero-order valence-electron chi connectivity index (χ0n) is 16.2. The molecule has 0 saturated carbocycles. The number of nitrogens with zero attached hydrogens (tertiary/aromatic N) is 3. The summed E-state index contributed by atoms with van der Waals surface area (Å²) >= 11 is 0. The third-order valence-corrected chi connectivity index (χ3v) is 4.65. The molecule has 1 amide bonds. The third-order valence-electron chi connectivity index (χ3n) is 4.65. The number of fused-ring (bicyclic) bond motifs is 1. The molecule has 0 atom stereocenters. The molecule has 3 aromatic rings. The van der Waals surface area contributed by atoms with Crippen molar-refractivity contribution in [2.45, 2.75) is 13.8 Å². The molecule has 2 aromatic heterocycles. The number of aromatic nitrogens is 2. The molecule has 6 nitrogen and oxygen atoms in total. The number of benzene rings is 1. The van der Waals surface area contributed by atoms with Crippen LogP contribution in [0.1, 0.15) is 19.4 Å². The Labute approximate surface area is 164 Å². The Morgan fingerprint density at radius 3 is 2.71 bits per heavy atom. The summed E-state index contributed by atoms with van der Waals surface area (Å²) in [4.78, 5) is 26.5. The standard InChI is InChI=1S/C22H23N5O/c1-14(2)13-27(3)22-25-19(21(28)26-22)10-17-12-24-20-18(17)9-16(11-23-20)15-7-5-4-6-8-15/h4-12,14H,13H2,1-3H3,(H,23,24)(H,25,26,28)/b19-10-. The molecule has 6 heteroatoms. The van der Waals surface area contributed by atoms with Gasteiger partial charge in [-0.3, -0.25) is 10.1 Å². The first-order valence-corrected chi connectivity index (χ1v) is 9.36. The quantitative estimate of drug-likeness (QED) is 0.686. The first-order valence-electron chi connectivity index (χ1n) is 9.36. The van der Waals surface area contributed by atoms with E-state index in [0.29, 0.717) is 17.6 Å². The fourth-order valence-corrected chi connectivity index (χ4v) is 3.35. The summed E-state index contributed by atoms with van der Waals surface area (Å²) in [6.45, 7) is 5.09. The van der Waals surface area contributed by atoms with Gasteiger partial charge in [0.2, 0.25) is 5.96 Å². The van der Waals surface area contributed by atoms with Gasteiger partial charge in [0, 0.05) is 42.5 Å². The number of guanidine groups is 1. The molecule has 0 fully saturated rings. The number of nitrogens with one attached hydrogen (secondary N) is 2. The van der Waals surface area contributed by atoms with Gasteiger partial charge in [-0.05, 0) is 23.6 Å². The van der Waals surface area contributed by atoms with Crippen LogP contribution in [-0.2, 0) is 4.79 Å². The zero-order chi connectivity index (χ0) is 19.7. The molecule has 1 aliphatic rings. The molecule has 3 heterocycles. The van der Waals surface area contributed by atoms with Gasteiger partial charge in [-0.25, -0.2) is 9.98 Å². The lowest BCUT2D eigenvalue weighted by Gasteiger charge is -2.19. The molecule has 0 bridgehead atoms. The minimum Gasteiger partial charge on any atom is -0.346 e. The molecule has 1 aromatic carbocycles. The number of amides is 1. The highest BCUT2D eigenvalue weighted by atomic mass is 16.2. The van der Waals surface area contributed by atoms with E-state index in [1.165, 1.54) is 0 Å². The van der Waals surface area contributed by atoms with E-state index in [0.717, 1.165) is 34.3 Å². The molecule has 1 aliphatic heterocycles. The van der Waals surface area contributed by atoms with Crippen molar-refractivity contribution in [3.63, 3.8) is 0 Å². The number of rotatable bonds is 4. The largest absolute Gasteiger partial charge is 0.346 e. The van der Waals surface area contributed by atoms with Crippen LogP contribution in [-0.4, -0.2) is 40.3 Å². The summed E-state index contributed by atoms with van der Waals surface area (Å²) < 4.78 is 0. The van der Waals surface area contributed by atoms with Gasteiger partial charge in [0.25, 0.3) is 5.91 Å². The van der Waals surface area contributed by atoms with Crippen molar-refractivity contribution in [2.24, 2.45) is 10.9 Å². The molecule has 0 spiro atoms. The Morgan fingerprint density at radius 1 is 1.18 bits per heavy atom. The topological polar surface area (TPSA) is 73.4 Å². The first-order chi connectivity index (χ1) is 13.5. The second kappa shape index (κ2) is 7.31. The second-order valence-corrected chi connectivity index (χ2v) is 7.42. The number of carbonyl (C=O) groups is 1. The molecular weight excluding hydrogens is 350 g/mol. The van der Waals surface area contributed by atoms with Crippen molar-refractivity contribution in [1.29, 1.82) is 0 Å². The van der Waals surface area contributed by atoms with Gasteiger partial charge >= 0.3 is 0 Å². The van der Waals surface area contributed by atoms with Gasteiger partial charge < -0.3 is 9.88 Å². The van der Waals surface area contributed by atoms with Gasteiger partial charge in [0.1, 0.15) is 11.3 Å². The van der Waals surface area contributed by atoms with Gasteiger partial charge in [0.15, 0.2) is 0 Å². The summed E-state index contributed by atoms with van der Waals surface area (Å²) in [5, 5.41) is 3.81. The average Bonchev–Trinajstić information content (AvgIpc) is 3.26. The number of hydrogen-bond donors (Lipinski definition) is 2. The maximum atomic E-state index is 12.4. The summed E-state index contributed by atoms with van der Waals surface area (Å²) in [5.41, 5.74) is 4.21. The smallest absolute Gasteiger partial charge is 0.276 e. The van der Waals surface area contributed by atoms with E-state index in [1.807, 2.05) is 42.5 Å². The van der Waals surface area contributed by atoms with Gasteiger partial charge in [-0.2, -0.15) is 0 Å². The van der Waals surface area contributed by atoms with Crippen molar-refractivity contribution in [3.8, 4) is 11.1 Å². The highest BCUT2D eigenvalue weighted by molar-refractivity contribution is 6.14. The third kappa shape index (κ3) is 3.53. The lowest BCUT2D eigenvalue weighted by molar-refractivity contribution is -0.115. The molecule has 28 heavy (non-hydrogen) atoms. The summed E-state index contributed by atoms with van der Waals surface area (Å²) in [6, 6.07) is 12.2. The van der Waals surface area contributed by atoms with Gasteiger partial charge in [0.05, 0.1) is 0 Å². The minimum atomic E-state index is -0.188. The predicted octanol–water partition coefficient (Wildman–Crippen LogP) is 3.64. The van der Waals surface area contributed by atoms with Crippen LogP contribution < -0.4 is 5.32 Å². The molecule has 4 rings (SSSR count). The van der Waals surface area contributed by atoms with Crippen LogP contribution in [0.15, 0.2) is 59.5 Å². The first kappa shape index (κ1) is 18.0. The molecule has 2 N–H and O–H groups in total. The van der Waals surface area contributed by atoms with Crippen molar-refractivity contribution in [3.05, 3.63) is 60.1 Å².